The number of esters is 2. The predicted octanol–water partition coefficient (Wildman–Crippen LogP) is 7.71. The van der Waals surface area contributed by atoms with E-state index in [1.165, 1.54) is 29.3 Å². The average molecular weight is 479 g/mol. The Hall–Kier alpha value is -3.11. The topological polar surface area (TPSA) is 52.6 Å². The van der Waals surface area contributed by atoms with Crippen molar-refractivity contribution >= 4 is 23.5 Å². The summed E-state index contributed by atoms with van der Waals surface area (Å²) in [5.41, 5.74) is 3.05. The maximum absolute atomic E-state index is 12.6. The zero-order valence-electron chi connectivity index (χ0n) is 20.0. The number of carbonyl (C=O) groups excluding carboxylic acids is 2. The molecule has 0 aromatic heterocycles. The second kappa shape index (κ2) is 12.4. The van der Waals surface area contributed by atoms with Crippen molar-refractivity contribution in [2.75, 3.05) is 0 Å². The Morgan fingerprint density at radius 1 is 0.824 bits per heavy atom. The Balaban J connectivity index is 1.60. The van der Waals surface area contributed by atoms with Crippen LogP contribution in [-0.2, 0) is 12.8 Å². The Morgan fingerprint density at radius 2 is 1.44 bits per heavy atom. The summed E-state index contributed by atoms with van der Waals surface area (Å²) < 4.78 is 10.9. The van der Waals surface area contributed by atoms with E-state index in [1.807, 2.05) is 24.3 Å². The molecule has 0 aliphatic carbocycles. The molecule has 0 aliphatic heterocycles. The number of hydrogen-bond donors (Lipinski definition) is 0. The van der Waals surface area contributed by atoms with Crippen LogP contribution in [0.2, 0.25) is 5.02 Å². The van der Waals surface area contributed by atoms with E-state index in [0.717, 1.165) is 32.1 Å². The van der Waals surface area contributed by atoms with Gasteiger partial charge in [-0.15, -0.1) is 0 Å². The standard InChI is InChI=1S/C29H31ClO4/c1-4-6-7-21-10-14-24(15-11-21)33-29(32)26-17-16-25(19-27(26)30)34-28(31)23-12-8-22(9-13-23)18-20(3)5-2/h8-17,19-20H,4-7,18H2,1-3H3. The first-order valence-corrected chi connectivity index (χ1v) is 12.2. The molecule has 178 valence electrons. The summed E-state index contributed by atoms with van der Waals surface area (Å²) in [7, 11) is 0. The van der Waals surface area contributed by atoms with Gasteiger partial charge < -0.3 is 9.47 Å². The fourth-order valence-electron chi connectivity index (χ4n) is 3.48. The van der Waals surface area contributed by atoms with Crippen molar-refractivity contribution < 1.29 is 19.1 Å². The smallest absolute Gasteiger partial charge is 0.345 e. The SMILES string of the molecule is CCCCc1ccc(OC(=O)c2ccc(OC(=O)c3ccc(CC(C)CC)cc3)cc2Cl)cc1. The van der Waals surface area contributed by atoms with Crippen LogP contribution in [0.15, 0.2) is 66.7 Å². The Labute approximate surface area is 206 Å². The molecule has 3 aromatic rings. The van der Waals surface area contributed by atoms with E-state index in [4.69, 9.17) is 21.1 Å². The summed E-state index contributed by atoms with van der Waals surface area (Å²) in [6.45, 7) is 6.52. The zero-order chi connectivity index (χ0) is 24.5. The number of aryl methyl sites for hydroxylation is 1. The molecule has 4 nitrogen and oxygen atoms in total. The van der Waals surface area contributed by atoms with E-state index in [-0.39, 0.29) is 16.3 Å². The minimum atomic E-state index is -0.568. The van der Waals surface area contributed by atoms with Crippen LogP contribution in [0.5, 0.6) is 11.5 Å². The monoisotopic (exact) mass is 478 g/mol. The molecule has 0 saturated heterocycles. The summed E-state index contributed by atoms with van der Waals surface area (Å²) in [5.74, 6) is 0.255. The van der Waals surface area contributed by atoms with E-state index in [1.54, 1.807) is 24.3 Å². The van der Waals surface area contributed by atoms with Crippen LogP contribution >= 0.6 is 11.6 Å². The molecule has 3 aromatic carbocycles. The van der Waals surface area contributed by atoms with E-state index < -0.39 is 11.9 Å². The molecular weight excluding hydrogens is 448 g/mol. The second-order valence-corrected chi connectivity index (χ2v) is 8.99. The van der Waals surface area contributed by atoms with E-state index >= 15 is 0 Å². The molecule has 0 saturated carbocycles. The third-order valence-electron chi connectivity index (χ3n) is 5.79. The first kappa shape index (κ1) is 25.5. The third-order valence-corrected chi connectivity index (χ3v) is 6.11. The first-order valence-electron chi connectivity index (χ1n) is 11.8. The maximum atomic E-state index is 12.6. The van der Waals surface area contributed by atoms with Crippen molar-refractivity contribution in [3.63, 3.8) is 0 Å². The Morgan fingerprint density at radius 3 is 2.06 bits per heavy atom. The molecule has 0 aliphatic rings. The van der Waals surface area contributed by atoms with E-state index in [0.29, 0.717) is 17.2 Å². The van der Waals surface area contributed by atoms with E-state index in [9.17, 15) is 9.59 Å². The highest BCUT2D eigenvalue weighted by molar-refractivity contribution is 6.33. The Bertz CT molecular complexity index is 1100. The predicted molar refractivity (Wildman–Crippen MR) is 136 cm³/mol. The van der Waals surface area contributed by atoms with Gasteiger partial charge in [-0.1, -0.05) is 69.5 Å². The molecule has 1 atom stereocenters. The van der Waals surface area contributed by atoms with Crippen molar-refractivity contribution in [2.24, 2.45) is 5.92 Å². The minimum absolute atomic E-state index is 0.152. The van der Waals surface area contributed by atoms with Crippen LogP contribution in [0.3, 0.4) is 0 Å². The summed E-state index contributed by atoms with van der Waals surface area (Å²) in [5, 5.41) is 0.152. The van der Waals surface area contributed by atoms with Crippen LogP contribution in [-0.4, -0.2) is 11.9 Å². The molecule has 5 heteroatoms. The molecule has 0 fully saturated rings. The van der Waals surface area contributed by atoms with Gasteiger partial charge in [-0.2, -0.15) is 0 Å². The van der Waals surface area contributed by atoms with Crippen LogP contribution in [0.1, 0.15) is 71.9 Å². The number of benzene rings is 3. The van der Waals surface area contributed by atoms with Gasteiger partial charge in [0.25, 0.3) is 0 Å². The molecule has 0 N–H and O–H groups in total. The number of halogens is 1. The highest BCUT2D eigenvalue weighted by Gasteiger charge is 2.16. The molecule has 0 amide bonds. The van der Waals surface area contributed by atoms with Gasteiger partial charge in [0.05, 0.1) is 16.1 Å². The van der Waals surface area contributed by atoms with Gasteiger partial charge in [0, 0.05) is 6.07 Å². The number of ether oxygens (including phenoxy) is 2. The van der Waals surface area contributed by atoms with Crippen molar-refractivity contribution in [3.05, 3.63) is 94.0 Å². The molecule has 0 heterocycles. The number of hydrogen-bond acceptors (Lipinski definition) is 4. The Kier molecular flexibility index (Phi) is 9.29. The number of carbonyl (C=O) groups is 2. The van der Waals surface area contributed by atoms with Crippen molar-refractivity contribution in [2.45, 2.75) is 52.9 Å². The molecule has 0 radical (unpaired) electrons. The van der Waals surface area contributed by atoms with Gasteiger partial charge in [-0.3, -0.25) is 0 Å². The fourth-order valence-corrected chi connectivity index (χ4v) is 3.73. The lowest BCUT2D eigenvalue weighted by molar-refractivity contribution is 0.0730. The van der Waals surface area contributed by atoms with Gasteiger partial charge in [-0.25, -0.2) is 9.59 Å². The van der Waals surface area contributed by atoms with Gasteiger partial charge in [0.1, 0.15) is 11.5 Å². The van der Waals surface area contributed by atoms with Gasteiger partial charge in [-0.05, 0) is 72.7 Å². The largest absolute Gasteiger partial charge is 0.423 e. The zero-order valence-corrected chi connectivity index (χ0v) is 20.7. The normalized spacial score (nSPS) is 11.6. The third kappa shape index (κ3) is 7.19. The van der Waals surface area contributed by atoms with Gasteiger partial charge in [0.15, 0.2) is 0 Å². The lowest BCUT2D eigenvalue weighted by Gasteiger charge is -2.10. The number of rotatable bonds is 10. The fraction of sp³-hybridized carbons (Fsp3) is 0.310. The molecule has 34 heavy (non-hydrogen) atoms. The van der Waals surface area contributed by atoms with Crippen LogP contribution in [0.4, 0.5) is 0 Å². The number of unbranched alkanes of at least 4 members (excludes halogenated alkanes) is 1. The van der Waals surface area contributed by atoms with Crippen molar-refractivity contribution in [3.8, 4) is 11.5 Å². The lowest BCUT2D eigenvalue weighted by Crippen LogP contribution is -2.11. The van der Waals surface area contributed by atoms with Crippen LogP contribution < -0.4 is 9.47 Å². The van der Waals surface area contributed by atoms with Crippen molar-refractivity contribution in [1.29, 1.82) is 0 Å². The van der Waals surface area contributed by atoms with Crippen LogP contribution in [0.25, 0.3) is 0 Å². The highest BCUT2D eigenvalue weighted by Crippen LogP contribution is 2.25. The van der Waals surface area contributed by atoms with Crippen LogP contribution in [0, 0.1) is 5.92 Å². The lowest BCUT2D eigenvalue weighted by atomic mass is 9.98. The molecule has 0 spiro atoms. The average Bonchev–Trinajstić information content (AvgIpc) is 2.84. The maximum Gasteiger partial charge on any atom is 0.345 e. The van der Waals surface area contributed by atoms with Crippen molar-refractivity contribution in [1.82, 2.24) is 0 Å². The summed E-state index contributed by atoms with van der Waals surface area (Å²) >= 11 is 6.29. The summed E-state index contributed by atoms with van der Waals surface area (Å²) in [6, 6.07) is 19.4. The molecular formula is C29H31ClO4. The summed E-state index contributed by atoms with van der Waals surface area (Å²) in [4.78, 5) is 25.1. The minimum Gasteiger partial charge on any atom is -0.423 e. The first-order chi connectivity index (χ1) is 16.4. The van der Waals surface area contributed by atoms with E-state index in [2.05, 4.69) is 20.8 Å². The quantitative estimate of drug-likeness (QED) is 0.221. The second-order valence-electron chi connectivity index (χ2n) is 8.58. The van der Waals surface area contributed by atoms with Gasteiger partial charge >= 0.3 is 11.9 Å². The van der Waals surface area contributed by atoms with Gasteiger partial charge in [0.2, 0.25) is 0 Å². The molecule has 3 rings (SSSR count). The molecule has 1 unspecified atom stereocenters. The highest BCUT2D eigenvalue weighted by atomic mass is 35.5. The molecule has 0 bridgehead atoms. The summed E-state index contributed by atoms with van der Waals surface area (Å²) in [6.07, 6.45) is 5.33.